The molecule has 1 saturated carbocycles. The van der Waals surface area contributed by atoms with Crippen molar-refractivity contribution in [2.24, 2.45) is 5.92 Å². The Morgan fingerprint density at radius 3 is 2.79 bits per heavy atom. The number of rotatable bonds is 4. The molecule has 1 aliphatic carbocycles. The number of thiazole rings is 1. The molecule has 6 heteroatoms. The number of hydrogen-bond acceptors (Lipinski definition) is 5. The topological polar surface area (TPSA) is 45.7 Å². The van der Waals surface area contributed by atoms with E-state index in [-0.39, 0.29) is 18.1 Å². The van der Waals surface area contributed by atoms with E-state index in [2.05, 4.69) is 15.3 Å². The Hall–Kier alpha value is -0.980. The van der Waals surface area contributed by atoms with Gasteiger partial charge in [0.25, 0.3) is 0 Å². The van der Waals surface area contributed by atoms with Crippen molar-refractivity contribution in [2.75, 3.05) is 32.8 Å². The number of carbonyl (C=O) groups is 1. The second-order valence-corrected chi connectivity index (χ2v) is 8.74. The lowest BCUT2D eigenvalue weighted by Crippen LogP contribution is -2.58. The van der Waals surface area contributed by atoms with Crippen LogP contribution in [0.3, 0.4) is 0 Å². The summed E-state index contributed by atoms with van der Waals surface area (Å²) in [5.41, 5.74) is 0.875. The highest BCUT2D eigenvalue weighted by Crippen LogP contribution is 2.33. The van der Waals surface area contributed by atoms with Crippen molar-refractivity contribution >= 4 is 17.2 Å². The summed E-state index contributed by atoms with van der Waals surface area (Å²) in [5.74, 6) is 1.03. The molecule has 0 unspecified atom stereocenters. The number of morpholine rings is 1. The number of ether oxygens (including phenoxy) is 1. The largest absolute Gasteiger partial charge is 0.363 e. The van der Waals surface area contributed by atoms with Crippen molar-refractivity contribution in [1.82, 2.24) is 14.8 Å². The van der Waals surface area contributed by atoms with E-state index in [4.69, 9.17) is 4.74 Å². The highest BCUT2D eigenvalue weighted by molar-refractivity contribution is 7.09. The lowest BCUT2D eigenvalue weighted by molar-refractivity contribution is -0.173. The van der Waals surface area contributed by atoms with Crippen LogP contribution in [-0.4, -0.2) is 59.1 Å². The van der Waals surface area contributed by atoms with Gasteiger partial charge in [0.05, 0.1) is 29.4 Å². The summed E-state index contributed by atoms with van der Waals surface area (Å²) in [5, 5.41) is 3.12. The SMILES string of the molecule is Cc1nc(CN2CC3(CCN(CC4CCC4)CC3)OCC2=O)cs1. The Morgan fingerprint density at radius 2 is 2.17 bits per heavy atom. The van der Waals surface area contributed by atoms with Crippen LogP contribution in [0, 0.1) is 12.8 Å². The minimum Gasteiger partial charge on any atom is -0.363 e. The second kappa shape index (κ2) is 6.73. The standard InChI is InChI=1S/C18H27N3O2S/c1-14-19-16(12-24-14)10-21-13-18(23-11-17(21)22)5-7-20(8-6-18)9-15-3-2-4-15/h12,15H,2-11,13H2,1H3. The molecule has 0 N–H and O–H groups in total. The van der Waals surface area contributed by atoms with Gasteiger partial charge in [-0.2, -0.15) is 0 Å². The maximum Gasteiger partial charge on any atom is 0.249 e. The quantitative estimate of drug-likeness (QED) is 0.838. The molecule has 1 aromatic rings. The zero-order valence-electron chi connectivity index (χ0n) is 14.5. The third-order valence-corrected chi connectivity index (χ3v) is 6.68. The normalized spacial score (nSPS) is 25.2. The molecule has 0 radical (unpaired) electrons. The summed E-state index contributed by atoms with van der Waals surface area (Å²) >= 11 is 1.65. The first-order chi connectivity index (χ1) is 11.6. The van der Waals surface area contributed by atoms with Gasteiger partial charge in [-0.15, -0.1) is 11.3 Å². The van der Waals surface area contributed by atoms with Crippen molar-refractivity contribution in [3.05, 3.63) is 16.1 Å². The van der Waals surface area contributed by atoms with Crippen molar-refractivity contribution in [1.29, 1.82) is 0 Å². The van der Waals surface area contributed by atoms with E-state index in [0.29, 0.717) is 6.54 Å². The Kier molecular flexibility index (Phi) is 4.62. The first kappa shape index (κ1) is 16.5. The van der Waals surface area contributed by atoms with Gasteiger partial charge < -0.3 is 14.5 Å². The fourth-order valence-corrected chi connectivity index (χ4v) is 4.70. The van der Waals surface area contributed by atoms with Gasteiger partial charge in [0.2, 0.25) is 5.91 Å². The third-order valence-electron chi connectivity index (χ3n) is 5.86. The van der Waals surface area contributed by atoms with Crippen LogP contribution in [0.25, 0.3) is 0 Å². The molecule has 1 aromatic heterocycles. The number of likely N-dealkylation sites (tertiary alicyclic amines) is 1. The summed E-state index contributed by atoms with van der Waals surface area (Å²) in [7, 11) is 0. The van der Waals surface area contributed by atoms with Gasteiger partial charge in [-0.3, -0.25) is 4.79 Å². The number of aromatic nitrogens is 1. The molecule has 24 heavy (non-hydrogen) atoms. The van der Waals surface area contributed by atoms with E-state index >= 15 is 0 Å². The molecule has 2 aliphatic heterocycles. The molecule has 2 saturated heterocycles. The van der Waals surface area contributed by atoms with Crippen LogP contribution >= 0.6 is 11.3 Å². The van der Waals surface area contributed by atoms with Crippen LogP contribution in [-0.2, 0) is 16.1 Å². The molecule has 0 atom stereocenters. The van der Waals surface area contributed by atoms with Gasteiger partial charge in [0.15, 0.2) is 0 Å². The maximum absolute atomic E-state index is 12.3. The van der Waals surface area contributed by atoms with Crippen LogP contribution in [0.2, 0.25) is 0 Å². The van der Waals surface area contributed by atoms with Gasteiger partial charge in [-0.1, -0.05) is 6.42 Å². The maximum atomic E-state index is 12.3. The molecule has 0 bridgehead atoms. The first-order valence-electron chi connectivity index (χ1n) is 9.17. The molecule has 3 aliphatic rings. The van der Waals surface area contributed by atoms with Crippen molar-refractivity contribution < 1.29 is 9.53 Å². The van der Waals surface area contributed by atoms with Gasteiger partial charge in [-0.25, -0.2) is 4.98 Å². The highest BCUT2D eigenvalue weighted by atomic mass is 32.1. The second-order valence-electron chi connectivity index (χ2n) is 7.68. The van der Waals surface area contributed by atoms with Crippen molar-refractivity contribution in [2.45, 2.75) is 51.2 Å². The van der Waals surface area contributed by atoms with Crippen LogP contribution in [0.15, 0.2) is 5.38 Å². The molecular weight excluding hydrogens is 322 g/mol. The fraction of sp³-hybridized carbons (Fsp3) is 0.778. The van der Waals surface area contributed by atoms with E-state index in [9.17, 15) is 4.79 Å². The summed E-state index contributed by atoms with van der Waals surface area (Å²) in [6, 6.07) is 0. The van der Waals surface area contributed by atoms with E-state index < -0.39 is 0 Å². The van der Waals surface area contributed by atoms with Crippen LogP contribution < -0.4 is 0 Å². The number of carbonyl (C=O) groups excluding carboxylic acids is 1. The average molecular weight is 350 g/mol. The number of hydrogen-bond donors (Lipinski definition) is 0. The minimum absolute atomic E-state index is 0.100. The van der Waals surface area contributed by atoms with Crippen LogP contribution in [0.4, 0.5) is 0 Å². The van der Waals surface area contributed by atoms with Crippen LogP contribution in [0.5, 0.6) is 0 Å². The van der Waals surface area contributed by atoms with Gasteiger partial charge in [0, 0.05) is 25.0 Å². The molecule has 3 heterocycles. The van der Waals surface area contributed by atoms with Crippen molar-refractivity contribution in [3.63, 3.8) is 0 Å². The Morgan fingerprint density at radius 1 is 1.38 bits per heavy atom. The monoisotopic (exact) mass is 349 g/mol. The highest BCUT2D eigenvalue weighted by Gasteiger charge is 2.42. The van der Waals surface area contributed by atoms with Crippen molar-refractivity contribution in [3.8, 4) is 0 Å². The summed E-state index contributed by atoms with van der Waals surface area (Å²) in [4.78, 5) is 21.3. The lowest BCUT2D eigenvalue weighted by atomic mass is 9.83. The molecule has 5 nitrogen and oxygen atoms in total. The summed E-state index contributed by atoms with van der Waals surface area (Å²) in [6.07, 6.45) is 6.32. The minimum atomic E-state index is -0.130. The summed E-state index contributed by atoms with van der Waals surface area (Å²) in [6.45, 7) is 7.06. The van der Waals surface area contributed by atoms with E-state index in [1.54, 1.807) is 11.3 Å². The van der Waals surface area contributed by atoms with E-state index in [1.165, 1.54) is 25.8 Å². The molecular formula is C18H27N3O2S. The smallest absolute Gasteiger partial charge is 0.249 e. The Balaban J connectivity index is 1.34. The molecule has 0 aromatic carbocycles. The fourth-order valence-electron chi connectivity index (χ4n) is 4.09. The average Bonchev–Trinajstić information content (AvgIpc) is 2.94. The Bertz CT molecular complexity index is 591. The molecule has 3 fully saturated rings. The van der Waals surface area contributed by atoms with E-state index in [0.717, 1.165) is 49.1 Å². The number of piperidine rings is 1. The first-order valence-corrected chi connectivity index (χ1v) is 10.0. The summed E-state index contributed by atoms with van der Waals surface area (Å²) < 4.78 is 6.05. The molecule has 1 amide bonds. The van der Waals surface area contributed by atoms with Crippen LogP contribution in [0.1, 0.15) is 42.8 Å². The number of aryl methyl sites for hydroxylation is 1. The molecule has 4 rings (SSSR count). The van der Waals surface area contributed by atoms with Gasteiger partial charge in [-0.05, 0) is 38.5 Å². The zero-order valence-corrected chi connectivity index (χ0v) is 15.3. The zero-order chi connectivity index (χ0) is 16.6. The van der Waals surface area contributed by atoms with E-state index in [1.807, 2.05) is 11.8 Å². The Labute approximate surface area is 148 Å². The van der Waals surface area contributed by atoms with Gasteiger partial charge >= 0.3 is 0 Å². The molecule has 1 spiro atoms. The molecule has 132 valence electrons. The lowest BCUT2D eigenvalue weighted by Gasteiger charge is -2.47. The third kappa shape index (κ3) is 3.51. The number of amides is 1. The number of nitrogens with zero attached hydrogens (tertiary/aromatic N) is 3. The predicted molar refractivity (Wildman–Crippen MR) is 94.0 cm³/mol. The van der Waals surface area contributed by atoms with Gasteiger partial charge in [0.1, 0.15) is 6.61 Å². The predicted octanol–water partition coefficient (Wildman–Crippen LogP) is 2.45.